The van der Waals surface area contributed by atoms with Crippen LogP contribution in [0.25, 0.3) is 22.3 Å². The lowest BCUT2D eigenvalue weighted by molar-refractivity contribution is -0.130. The molecule has 0 radical (unpaired) electrons. The minimum Gasteiger partial charge on any atom is -0.496 e. The highest BCUT2D eigenvalue weighted by Gasteiger charge is 2.60. The van der Waals surface area contributed by atoms with E-state index >= 15 is 0 Å². The summed E-state index contributed by atoms with van der Waals surface area (Å²) in [4.78, 5) is 52.6. The fraction of sp³-hybridized carbons (Fsp3) is 0.424. The number of fused-ring (bicyclic) bond motifs is 3. The fourth-order valence-corrected chi connectivity index (χ4v) is 6.32. The van der Waals surface area contributed by atoms with Crippen molar-refractivity contribution in [2.75, 3.05) is 27.2 Å². The molecule has 1 aromatic heterocycles. The molecule has 2 fully saturated rings. The number of ether oxygens (including phenoxy) is 2. The van der Waals surface area contributed by atoms with Crippen LogP contribution in [-0.4, -0.2) is 82.5 Å². The Kier molecular flexibility index (Phi) is 8.07. The maximum Gasteiger partial charge on any atom is 0.320 e. The molecule has 6 rings (SSSR count). The summed E-state index contributed by atoms with van der Waals surface area (Å²) in [6.45, 7) is 2.54. The molecule has 4 unspecified atom stereocenters. The van der Waals surface area contributed by atoms with E-state index < -0.39 is 29.5 Å². The van der Waals surface area contributed by atoms with Crippen LogP contribution in [0.3, 0.4) is 0 Å². The van der Waals surface area contributed by atoms with E-state index in [1.165, 1.54) is 17.0 Å². The number of nitrogens with one attached hydrogen (secondary N) is 1. The molecule has 1 aliphatic carbocycles. The second kappa shape index (κ2) is 12.0. The molecule has 2 aromatic carbocycles. The monoisotopic (exact) mass is 616 g/mol. The Morgan fingerprint density at radius 3 is 2.64 bits per heavy atom. The average molecular weight is 617 g/mol. The quantitative estimate of drug-likeness (QED) is 0.417. The van der Waals surface area contributed by atoms with Crippen molar-refractivity contribution >= 4 is 28.7 Å². The summed E-state index contributed by atoms with van der Waals surface area (Å²) in [5, 5.41) is 3.52. The lowest BCUT2D eigenvalue weighted by atomic mass is 10.1. The molecule has 11 nitrogen and oxygen atoms in total. The van der Waals surface area contributed by atoms with Crippen LogP contribution >= 0.6 is 0 Å². The van der Waals surface area contributed by atoms with Gasteiger partial charge >= 0.3 is 6.03 Å². The molecule has 0 spiro atoms. The number of aromatic nitrogens is 2. The van der Waals surface area contributed by atoms with Gasteiger partial charge in [-0.15, -0.1) is 0 Å². The van der Waals surface area contributed by atoms with E-state index in [2.05, 4.69) is 5.32 Å². The number of benzene rings is 2. The normalized spacial score (nSPS) is 25.3. The molecule has 1 saturated heterocycles. The molecule has 45 heavy (non-hydrogen) atoms. The third-order valence-electron chi connectivity index (χ3n) is 9.06. The number of methoxy groups -OCH3 is 1. The SMILES string of the molecule is COc1ccc2c(OC3CC4C(=O)NC5(C(N)=O)CC5C=CCCCCN(C)C(=O)N4C3)nc(-c3ccc(F)cc3)nc2c1C. The number of urea groups is 1. The van der Waals surface area contributed by atoms with Gasteiger partial charge < -0.3 is 30.3 Å². The third kappa shape index (κ3) is 5.76. The number of amides is 4. The van der Waals surface area contributed by atoms with Crippen LogP contribution in [0.1, 0.15) is 37.7 Å². The first-order valence-electron chi connectivity index (χ1n) is 15.2. The van der Waals surface area contributed by atoms with E-state index in [9.17, 15) is 18.8 Å². The van der Waals surface area contributed by atoms with Crippen LogP contribution < -0.4 is 20.5 Å². The van der Waals surface area contributed by atoms with Crippen LogP contribution in [0.5, 0.6) is 11.6 Å². The van der Waals surface area contributed by atoms with Crippen molar-refractivity contribution < 1.29 is 28.2 Å². The second-order valence-corrected chi connectivity index (χ2v) is 12.1. The van der Waals surface area contributed by atoms with E-state index in [0.29, 0.717) is 41.0 Å². The number of carbonyl (C=O) groups is 3. The summed E-state index contributed by atoms with van der Waals surface area (Å²) in [6.07, 6.45) is 6.46. The van der Waals surface area contributed by atoms with Crippen molar-refractivity contribution in [2.24, 2.45) is 11.7 Å². The molecule has 236 valence electrons. The van der Waals surface area contributed by atoms with Gasteiger partial charge in [-0.25, -0.2) is 14.2 Å². The summed E-state index contributed by atoms with van der Waals surface area (Å²) in [5.41, 5.74) is 6.57. The molecule has 2 aliphatic heterocycles. The lowest BCUT2D eigenvalue weighted by Gasteiger charge is -2.30. The molecule has 3 heterocycles. The highest BCUT2D eigenvalue weighted by atomic mass is 19.1. The number of aryl methyl sites for hydroxylation is 1. The van der Waals surface area contributed by atoms with Crippen molar-refractivity contribution in [2.45, 2.75) is 56.7 Å². The standard InChI is InChI=1S/C33H37FN6O5/c1-19-26(44-3)14-13-24-27(19)36-28(20-9-11-22(34)12-10-20)37-30(24)45-23-16-25-29(41)38-33(31(35)42)17-21(33)8-6-4-5-7-15-39(2)32(43)40(25)18-23/h6,8-14,21,23,25H,4-5,7,15-18H2,1-3H3,(H2,35,42)(H,38,41). The maximum absolute atomic E-state index is 13.8. The van der Waals surface area contributed by atoms with E-state index in [-0.39, 0.29) is 36.6 Å². The van der Waals surface area contributed by atoms with Gasteiger partial charge in [-0.05, 0) is 69.0 Å². The molecule has 0 bridgehead atoms. The Morgan fingerprint density at radius 1 is 1.13 bits per heavy atom. The summed E-state index contributed by atoms with van der Waals surface area (Å²) in [6, 6.07) is 8.28. The van der Waals surface area contributed by atoms with Crippen molar-refractivity contribution in [3.63, 3.8) is 0 Å². The van der Waals surface area contributed by atoms with Crippen molar-refractivity contribution in [3.8, 4) is 23.0 Å². The van der Waals surface area contributed by atoms with E-state index in [4.69, 9.17) is 25.2 Å². The van der Waals surface area contributed by atoms with Gasteiger partial charge in [0.2, 0.25) is 17.7 Å². The Labute approximate surface area is 260 Å². The Balaban J connectivity index is 1.35. The van der Waals surface area contributed by atoms with Gasteiger partial charge in [0.1, 0.15) is 29.3 Å². The average Bonchev–Trinajstić information content (AvgIpc) is 3.56. The van der Waals surface area contributed by atoms with Gasteiger partial charge in [-0.2, -0.15) is 4.98 Å². The molecule has 4 amide bonds. The fourth-order valence-electron chi connectivity index (χ4n) is 6.32. The number of hydrogen-bond acceptors (Lipinski definition) is 7. The van der Waals surface area contributed by atoms with Crippen LogP contribution in [0.15, 0.2) is 48.6 Å². The molecular weight excluding hydrogens is 579 g/mol. The number of rotatable bonds is 5. The maximum atomic E-state index is 13.8. The predicted octanol–water partition coefficient (Wildman–Crippen LogP) is 3.73. The molecular formula is C33H37FN6O5. The molecule has 12 heteroatoms. The van der Waals surface area contributed by atoms with Crippen molar-refractivity contribution in [3.05, 3.63) is 59.9 Å². The lowest BCUT2D eigenvalue weighted by Crippen LogP contribution is -2.56. The number of primary amides is 1. The number of carbonyl (C=O) groups excluding carboxylic acids is 3. The van der Waals surface area contributed by atoms with Crippen molar-refractivity contribution in [1.29, 1.82) is 0 Å². The second-order valence-electron chi connectivity index (χ2n) is 12.1. The van der Waals surface area contributed by atoms with Gasteiger partial charge in [0, 0.05) is 37.1 Å². The minimum absolute atomic E-state index is 0.126. The highest BCUT2D eigenvalue weighted by molar-refractivity contribution is 5.97. The molecule has 3 aromatic rings. The number of allylic oxidation sites excluding steroid dienone is 1. The number of nitrogens with two attached hydrogens (primary N) is 1. The van der Waals surface area contributed by atoms with Crippen LogP contribution in [0.4, 0.5) is 9.18 Å². The zero-order valence-electron chi connectivity index (χ0n) is 25.6. The van der Waals surface area contributed by atoms with Gasteiger partial charge in [0.25, 0.3) is 0 Å². The van der Waals surface area contributed by atoms with Gasteiger partial charge in [-0.1, -0.05) is 12.2 Å². The summed E-state index contributed by atoms with van der Waals surface area (Å²) >= 11 is 0. The number of hydrogen-bond donors (Lipinski definition) is 2. The van der Waals surface area contributed by atoms with Crippen LogP contribution in [0.2, 0.25) is 0 Å². The largest absolute Gasteiger partial charge is 0.496 e. The smallest absolute Gasteiger partial charge is 0.320 e. The number of halogens is 1. The Hall–Kier alpha value is -4.74. The summed E-state index contributed by atoms with van der Waals surface area (Å²) in [5.74, 6) is -0.374. The van der Waals surface area contributed by atoms with E-state index in [1.807, 2.05) is 19.1 Å². The van der Waals surface area contributed by atoms with Crippen LogP contribution in [-0.2, 0) is 9.59 Å². The third-order valence-corrected chi connectivity index (χ3v) is 9.06. The van der Waals surface area contributed by atoms with Gasteiger partial charge in [0.15, 0.2) is 5.82 Å². The van der Waals surface area contributed by atoms with Crippen LogP contribution in [0, 0.1) is 18.7 Å². The predicted molar refractivity (Wildman–Crippen MR) is 165 cm³/mol. The molecule has 3 N–H and O–H groups in total. The Bertz CT molecular complexity index is 1680. The first-order valence-corrected chi connectivity index (χ1v) is 15.2. The first kappa shape index (κ1) is 30.3. The summed E-state index contributed by atoms with van der Waals surface area (Å²) < 4.78 is 25.7. The van der Waals surface area contributed by atoms with E-state index in [1.54, 1.807) is 43.3 Å². The molecule has 3 aliphatic rings. The van der Waals surface area contributed by atoms with E-state index in [0.717, 1.165) is 24.8 Å². The molecule has 4 atom stereocenters. The summed E-state index contributed by atoms with van der Waals surface area (Å²) in [7, 11) is 3.30. The number of nitrogens with zero attached hydrogens (tertiary/aromatic N) is 4. The highest BCUT2D eigenvalue weighted by Crippen LogP contribution is 2.45. The van der Waals surface area contributed by atoms with Gasteiger partial charge in [-0.3, -0.25) is 9.59 Å². The van der Waals surface area contributed by atoms with Gasteiger partial charge in [0.05, 0.1) is 24.6 Å². The Morgan fingerprint density at radius 2 is 1.91 bits per heavy atom. The minimum atomic E-state index is -1.17. The topological polar surface area (TPSA) is 140 Å². The molecule has 1 saturated carbocycles. The first-order chi connectivity index (χ1) is 21.6. The van der Waals surface area contributed by atoms with Crippen molar-refractivity contribution in [1.82, 2.24) is 25.1 Å². The zero-order chi connectivity index (χ0) is 31.9. The zero-order valence-corrected chi connectivity index (χ0v) is 25.6.